The summed E-state index contributed by atoms with van der Waals surface area (Å²) in [5.74, 6) is -1.26. The van der Waals surface area contributed by atoms with E-state index in [0.29, 0.717) is 0 Å². The second kappa shape index (κ2) is 4.50. The van der Waals surface area contributed by atoms with Gasteiger partial charge in [0.15, 0.2) is 0 Å². The van der Waals surface area contributed by atoms with Gasteiger partial charge in [0.25, 0.3) is 0 Å². The summed E-state index contributed by atoms with van der Waals surface area (Å²) in [5, 5.41) is 8.17. The fraction of sp³-hybridized carbons (Fsp3) is 0.429. The van der Waals surface area contributed by atoms with Crippen LogP contribution in [-0.4, -0.2) is 18.8 Å². The van der Waals surface area contributed by atoms with E-state index in [-0.39, 0.29) is 12.7 Å². The highest BCUT2D eigenvalue weighted by Gasteiger charge is 2.27. The van der Waals surface area contributed by atoms with E-state index in [2.05, 4.69) is 4.74 Å². The van der Waals surface area contributed by atoms with Gasteiger partial charge in [-0.15, -0.1) is 0 Å². The van der Waals surface area contributed by atoms with Gasteiger partial charge in [0.2, 0.25) is 0 Å². The molecule has 0 radical (unpaired) electrons. The quantitative estimate of drug-likeness (QED) is 0.380. The molecule has 0 saturated carbocycles. The number of carbonyl (C=O) groups excluding carboxylic acids is 1. The Kier molecular flexibility index (Phi) is 3.98. The van der Waals surface area contributed by atoms with Crippen LogP contribution in [0.15, 0.2) is 11.6 Å². The molecule has 0 aliphatic heterocycles. The van der Waals surface area contributed by atoms with Crippen molar-refractivity contribution >= 4 is 5.97 Å². The molecule has 0 aliphatic carbocycles. The predicted octanol–water partition coefficient (Wildman–Crippen LogP) is 1.56. The molecule has 0 N–H and O–H groups in total. The van der Waals surface area contributed by atoms with Gasteiger partial charge >= 0.3 is 12.1 Å². The van der Waals surface area contributed by atoms with Crippen LogP contribution in [0.4, 0.5) is 13.2 Å². The van der Waals surface area contributed by atoms with Crippen molar-refractivity contribution in [2.75, 3.05) is 6.61 Å². The second-order valence-electron chi connectivity index (χ2n) is 1.93. The summed E-state index contributed by atoms with van der Waals surface area (Å²) in [7, 11) is 0. The molecule has 0 heterocycles. The molecule has 0 unspecified atom stereocenters. The van der Waals surface area contributed by atoms with Crippen molar-refractivity contribution in [3.63, 3.8) is 0 Å². The van der Waals surface area contributed by atoms with Crippen molar-refractivity contribution in [1.29, 1.82) is 5.26 Å². The summed E-state index contributed by atoms with van der Waals surface area (Å²) < 4.78 is 39.2. The zero-order valence-corrected chi connectivity index (χ0v) is 6.68. The molecular formula is C7H6F3NO2. The molecule has 0 fully saturated rings. The zero-order chi connectivity index (χ0) is 10.5. The summed E-state index contributed by atoms with van der Waals surface area (Å²) >= 11 is 0. The van der Waals surface area contributed by atoms with Crippen LogP contribution < -0.4 is 0 Å². The first-order valence-corrected chi connectivity index (χ1v) is 3.27. The molecule has 0 saturated heterocycles. The van der Waals surface area contributed by atoms with Crippen molar-refractivity contribution < 1.29 is 22.7 Å². The molecule has 0 atom stereocenters. The first-order chi connectivity index (χ1) is 5.90. The van der Waals surface area contributed by atoms with Crippen molar-refractivity contribution in [3.05, 3.63) is 11.6 Å². The molecule has 0 aromatic carbocycles. The number of ether oxygens (including phenoxy) is 1. The zero-order valence-electron chi connectivity index (χ0n) is 6.68. The van der Waals surface area contributed by atoms with Crippen LogP contribution in [0.25, 0.3) is 0 Å². The van der Waals surface area contributed by atoms with Crippen LogP contribution in [0.1, 0.15) is 6.92 Å². The highest BCUT2D eigenvalue weighted by molar-refractivity contribution is 5.92. The summed E-state index contributed by atoms with van der Waals surface area (Å²) in [6.45, 7) is 1.36. The van der Waals surface area contributed by atoms with Gasteiger partial charge in [-0.25, -0.2) is 4.79 Å². The molecule has 3 nitrogen and oxygen atoms in total. The summed E-state index contributed by atoms with van der Waals surface area (Å²) in [6.07, 6.45) is -5.07. The van der Waals surface area contributed by atoms with E-state index < -0.39 is 17.7 Å². The van der Waals surface area contributed by atoms with Crippen LogP contribution in [0.3, 0.4) is 0 Å². The summed E-state index contributed by atoms with van der Waals surface area (Å²) in [6, 6.07) is 1.11. The highest BCUT2D eigenvalue weighted by Crippen LogP contribution is 2.18. The standard InChI is InChI=1S/C7H6F3NO2/c1-2-13-6(12)5(4-11)3-7(8,9)10/h3H,2H2,1H3. The lowest BCUT2D eigenvalue weighted by Crippen LogP contribution is -2.11. The Morgan fingerprint density at radius 3 is 2.46 bits per heavy atom. The first-order valence-electron chi connectivity index (χ1n) is 3.27. The lowest BCUT2D eigenvalue weighted by molar-refractivity contribution is -0.138. The number of nitriles is 1. The molecular weight excluding hydrogens is 187 g/mol. The van der Waals surface area contributed by atoms with Gasteiger partial charge in [-0.2, -0.15) is 18.4 Å². The number of carbonyl (C=O) groups is 1. The Morgan fingerprint density at radius 2 is 2.15 bits per heavy atom. The third-order valence-electron chi connectivity index (χ3n) is 0.924. The Hall–Kier alpha value is -1.51. The molecule has 6 heteroatoms. The van der Waals surface area contributed by atoms with E-state index in [9.17, 15) is 18.0 Å². The van der Waals surface area contributed by atoms with E-state index in [0.717, 1.165) is 6.07 Å². The minimum absolute atomic E-state index is 0.0737. The number of allylic oxidation sites excluding steroid dienone is 1. The average Bonchev–Trinajstić information content (AvgIpc) is 1.99. The molecule has 13 heavy (non-hydrogen) atoms. The number of alkyl halides is 3. The molecule has 0 bridgehead atoms. The Balaban J connectivity index is 4.64. The minimum Gasteiger partial charge on any atom is -0.462 e. The first kappa shape index (κ1) is 11.5. The molecule has 0 aromatic rings. The van der Waals surface area contributed by atoms with E-state index in [1.807, 2.05) is 0 Å². The average molecular weight is 193 g/mol. The molecule has 0 aliphatic rings. The van der Waals surface area contributed by atoms with Gasteiger partial charge in [-0.1, -0.05) is 0 Å². The third kappa shape index (κ3) is 4.85. The number of hydrogen-bond acceptors (Lipinski definition) is 3. The normalized spacial score (nSPS) is 12.1. The van der Waals surface area contributed by atoms with Gasteiger partial charge in [0.1, 0.15) is 11.6 Å². The van der Waals surface area contributed by atoms with Gasteiger partial charge in [0.05, 0.1) is 6.61 Å². The largest absolute Gasteiger partial charge is 0.462 e. The van der Waals surface area contributed by atoms with Gasteiger partial charge in [-0.05, 0) is 6.92 Å². The topological polar surface area (TPSA) is 50.1 Å². The number of esters is 1. The van der Waals surface area contributed by atoms with E-state index >= 15 is 0 Å². The molecule has 72 valence electrons. The maximum absolute atomic E-state index is 11.7. The minimum atomic E-state index is -4.68. The number of hydrogen-bond donors (Lipinski definition) is 0. The number of rotatable bonds is 2. The van der Waals surface area contributed by atoms with Crippen LogP contribution in [0.5, 0.6) is 0 Å². The highest BCUT2D eigenvalue weighted by atomic mass is 19.4. The molecule has 0 spiro atoms. The fourth-order valence-corrected chi connectivity index (χ4v) is 0.509. The number of halogens is 3. The molecule has 0 amide bonds. The second-order valence-corrected chi connectivity index (χ2v) is 1.93. The Morgan fingerprint density at radius 1 is 1.62 bits per heavy atom. The summed E-state index contributed by atoms with van der Waals surface area (Å²) in [5.41, 5.74) is -1.05. The van der Waals surface area contributed by atoms with Crippen LogP contribution in [0, 0.1) is 11.3 Å². The fourth-order valence-electron chi connectivity index (χ4n) is 0.509. The smallest absolute Gasteiger partial charge is 0.411 e. The lowest BCUT2D eigenvalue weighted by Gasteiger charge is -2.01. The van der Waals surface area contributed by atoms with E-state index in [1.165, 1.54) is 6.92 Å². The van der Waals surface area contributed by atoms with Gasteiger partial charge < -0.3 is 4.74 Å². The molecule has 0 aromatic heterocycles. The van der Waals surface area contributed by atoms with E-state index in [1.54, 1.807) is 0 Å². The van der Waals surface area contributed by atoms with Crippen molar-refractivity contribution in [2.45, 2.75) is 13.1 Å². The van der Waals surface area contributed by atoms with Crippen molar-refractivity contribution in [3.8, 4) is 6.07 Å². The number of nitrogens with zero attached hydrogens (tertiary/aromatic N) is 1. The molecule has 0 rings (SSSR count). The maximum atomic E-state index is 11.7. The van der Waals surface area contributed by atoms with Gasteiger partial charge in [0, 0.05) is 6.08 Å². The SMILES string of the molecule is CCOC(=O)C(C#N)=CC(F)(F)F. The van der Waals surface area contributed by atoms with E-state index in [4.69, 9.17) is 5.26 Å². The maximum Gasteiger partial charge on any atom is 0.411 e. The van der Waals surface area contributed by atoms with Crippen LogP contribution >= 0.6 is 0 Å². The summed E-state index contributed by atoms with van der Waals surface area (Å²) in [4.78, 5) is 10.6. The monoisotopic (exact) mass is 193 g/mol. The van der Waals surface area contributed by atoms with Gasteiger partial charge in [-0.3, -0.25) is 0 Å². The van der Waals surface area contributed by atoms with Crippen molar-refractivity contribution in [1.82, 2.24) is 0 Å². The Labute approximate surface area is 72.4 Å². The Bertz CT molecular complexity index is 262. The van der Waals surface area contributed by atoms with Crippen molar-refractivity contribution in [2.24, 2.45) is 0 Å². The lowest BCUT2D eigenvalue weighted by atomic mass is 10.3. The predicted molar refractivity (Wildman–Crippen MR) is 36.4 cm³/mol. The van der Waals surface area contributed by atoms with Crippen LogP contribution in [0.2, 0.25) is 0 Å². The van der Waals surface area contributed by atoms with Crippen LogP contribution in [-0.2, 0) is 9.53 Å². The third-order valence-corrected chi connectivity index (χ3v) is 0.924.